The molecule has 1 aromatic rings. The lowest BCUT2D eigenvalue weighted by atomic mass is 10.3. The molecule has 0 fully saturated rings. The fourth-order valence-corrected chi connectivity index (χ4v) is 4.71. The average molecular weight is 282 g/mol. The Morgan fingerprint density at radius 1 is 0.789 bits per heavy atom. The first kappa shape index (κ1) is 16.0. The molecule has 1 aromatic carbocycles. The molecular weight excluding hydrogens is 259 g/mol. The van der Waals surface area contributed by atoms with Crippen molar-refractivity contribution in [1.82, 2.24) is 14.0 Å². The quantitative estimate of drug-likeness (QED) is 0.473. The number of hydrogen-bond donors (Lipinski definition) is 0. The SMILES string of the molecule is CN(C)P(=NN=Nc1ccccc1)(N(C)C)N(C)C. The van der Waals surface area contributed by atoms with E-state index in [2.05, 4.69) is 29.2 Å². The number of nitrogens with zero attached hydrogens (tertiary/aromatic N) is 6. The van der Waals surface area contributed by atoms with Gasteiger partial charge in [-0.1, -0.05) is 18.2 Å². The van der Waals surface area contributed by atoms with Gasteiger partial charge in [-0.15, -0.1) is 9.97 Å². The van der Waals surface area contributed by atoms with Gasteiger partial charge in [-0.2, -0.15) is 0 Å². The molecule has 0 saturated heterocycles. The van der Waals surface area contributed by atoms with E-state index in [0.717, 1.165) is 5.69 Å². The van der Waals surface area contributed by atoms with Crippen LogP contribution in [0, 0.1) is 0 Å². The Balaban J connectivity index is 3.12. The summed E-state index contributed by atoms with van der Waals surface area (Å²) in [5.74, 6) is 0. The third kappa shape index (κ3) is 3.70. The Bertz CT molecular complexity index is 438. The van der Waals surface area contributed by atoms with Gasteiger partial charge in [0.2, 0.25) is 0 Å². The Hall–Kier alpha value is -1.07. The van der Waals surface area contributed by atoms with Gasteiger partial charge in [-0.25, -0.2) is 0 Å². The largest absolute Gasteiger partial charge is 0.250 e. The summed E-state index contributed by atoms with van der Waals surface area (Å²) < 4.78 is 6.28. The Morgan fingerprint density at radius 3 is 1.68 bits per heavy atom. The molecule has 6 nitrogen and oxygen atoms in total. The second-order valence-corrected chi connectivity index (χ2v) is 8.34. The minimum absolute atomic E-state index is 0.806. The molecule has 1 rings (SSSR count). The molecular formula is C12H23N6P. The van der Waals surface area contributed by atoms with Gasteiger partial charge < -0.3 is 0 Å². The molecule has 0 aliphatic rings. The minimum atomic E-state index is -1.98. The average Bonchev–Trinajstić information content (AvgIpc) is 2.34. The van der Waals surface area contributed by atoms with Crippen molar-refractivity contribution in [2.24, 2.45) is 15.2 Å². The van der Waals surface area contributed by atoms with E-state index in [9.17, 15) is 0 Å². The highest BCUT2D eigenvalue weighted by molar-refractivity contribution is 7.58. The van der Waals surface area contributed by atoms with Gasteiger partial charge in [-0.05, 0) is 59.6 Å². The second-order valence-electron chi connectivity index (χ2n) is 4.69. The highest BCUT2D eigenvalue weighted by Crippen LogP contribution is 2.54. The van der Waals surface area contributed by atoms with Crippen LogP contribution in [0.3, 0.4) is 0 Å². The van der Waals surface area contributed by atoms with Gasteiger partial charge in [0.15, 0.2) is 7.51 Å². The Labute approximate surface area is 115 Å². The van der Waals surface area contributed by atoms with Crippen molar-refractivity contribution in [3.63, 3.8) is 0 Å². The highest BCUT2D eigenvalue weighted by atomic mass is 31.2. The lowest BCUT2D eigenvalue weighted by Crippen LogP contribution is -2.30. The molecule has 0 N–H and O–H groups in total. The molecule has 0 aliphatic heterocycles. The fourth-order valence-electron chi connectivity index (χ4n) is 1.93. The van der Waals surface area contributed by atoms with Gasteiger partial charge >= 0.3 is 0 Å². The molecule has 0 bridgehead atoms. The molecule has 0 heterocycles. The molecule has 106 valence electrons. The molecule has 0 atom stereocenters. The molecule has 0 aliphatic carbocycles. The van der Waals surface area contributed by atoms with Crippen LogP contribution >= 0.6 is 7.51 Å². The lowest BCUT2D eigenvalue weighted by molar-refractivity contribution is 0.471. The number of rotatable bonds is 5. The lowest BCUT2D eigenvalue weighted by Gasteiger charge is -2.39. The summed E-state index contributed by atoms with van der Waals surface area (Å²) in [5.41, 5.74) is 0.806. The van der Waals surface area contributed by atoms with Gasteiger partial charge in [0.25, 0.3) is 0 Å². The van der Waals surface area contributed by atoms with Crippen LogP contribution in [0.4, 0.5) is 5.69 Å². The van der Waals surface area contributed by atoms with Crippen LogP contribution in [-0.4, -0.2) is 56.3 Å². The van der Waals surface area contributed by atoms with E-state index < -0.39 is 7.51 Å². The zero-order valence-corrected chi connectivity index (χ0v) is 13.4. The van der Waals surface area contributed by atoms with E-state index >= 15 is 0 Å². The van der Waals surface area contributed by atoms with Crippen molar-refractivity contribution < 1.29 is 0 Å². The van der Waals surface area contributed by atoms with Gasteiger partial charge in [0.05, 0.1) is 5.69 Å². The summed E-state index contributed by atoms with van der Waals surface area (Å²) in [6.45, 7) is 0. The molecule has 0 amide bonds. The van der Waals surface area contributed by atoms with E-state index in [4.69, 9.17) is 0 Å². The third-order valence-corrected chi connectivity index (χ3v) is 6.23. The van der Waals surface area contributed by atoms with Crippen molar-refractivity contribution in [2.75, 3.05) is 42.3 Å². The zero-order valence-electron chi connectivity index (χ0n) is 12.5. The van der Waals surface area contributed by atoms with Crippen LogP contribution in [0.2, 0.25) is 0 Å². The first-order valence-corrected chi connectivity index (χ1v) is 7.62. The van der Waals surface area contributed by atoms with Crippen LogP contribution in [0.15, 0.2) is 45.5 Å². The van der Waals surface area contributed by atoms with E-state index in [-0.39, 0.29) is 0 Å². The molecule has 0 unspecified atom stereocenters. The second kappa shape index (κ2) is 6.91. The normalized spacial score (nSPS) is 12.9. The van der Waals surface area contributed by atoms with Crippen molar-refractivity contribution in [3.8, 4) is 0 Å². The van der Waals surface area contributed by atoms with Crippen LogP contribution in [0.25, 0.3) is 0 Å². The first-order valence-electron chi connectivity index (χ1n) is 6.02. The van der Waals surface area contributed by atoms with E-state index in [1.807, 2.05) is 72.6 Å². The number of benzene rings is 1. The molecule has 0 aromatic heterocycles. The Morgan fingerprint density at radius 2 is 1.26 bits per heavy atom. The van der Waals surface area contributed by atoms with Crippen molar-refractivity contribution >= 4 is 13.2 Å². The topological polar surface area (TPSA) is 46.8 Å². The van der Waals surface area contributed by atoms with E-state index in [1.54, 1.807) is 0 Å². The van der Waals surface area contributed by atoms with Crippen molar-refractivity contribution in [1.29, 1.82) is 0 Å². The molecule has 0 spiro atoms. The summed E-state index contributed by atoms with van der Waals surface area (Å²) in [5, 5.41) is 8.20. The monoisotopic (exact) mass is 282 g/mol. The number of hydrogen-bond acceptors (Lipinski definition) is 1. The highest BCUT2D eigenvalue weighted by Gasteiger charge is 2.28. The van der Waals surface area contributed by atoms with Crippen LogP contribution in [0.1, 0.15) is 0 Å². The maximum atomic E-state index is 4.50. The summed E-state index contributed by atoms with van der Waals surface area (Å²) in [6, 6.07) is 9.62. The third-order valence-electron chi connectivity index (χ3n) is 2.69. The summed E-state index contributed by atoms with van der Waals surface area (Å²) in [7, 11) is 10.1. The maximum Gasteiger partial charge on any atom is 0.193 e. The van der Waals surface area contributed by atoms with Crippen molar-refractivity contribution in [3.05, 3.63) is 30.3 Å². The summed E-state index contributed by atoms with van der Waals surface area (Å²) in [6.07, 6.45) is 0. The van der Waals surface area contributed by atoms with E-state index in [1.165, 1.54) is 0 Å². The zero-order chi connectivity index (χ0) is 14.5. The summed E-state index contributed by atoms with van der Waals surface area (Å²) >= 11 is 0. The standard InChI is InChI=1S/C12H23N6P/c1-16(2)19(17(3)4,18(5)6)15-14-13-12-10-8-7-9-11-12/h7-11H,1-6H3. The van der Waals surface area contributed by atoms with Crippen molar-refractivity contribution in [2.45, 2.75) is 0 Å². The van der Waals surface area contributed by atoms with Gasteiger partial charge in [-0.3, -0.25) is 14.0 Å². The first-order chi connectivity index (χ1) is 8.91. The predicted molar refractivity (Wildman–Crippen MR) is 81.4 cm³/mol. The fraction of sp³-hybridized carbons (Fsp3) is 0.500. The molecule has 0 radical (unpaired) electrons. The van der Waals surface area contributed by atoms with Gasteiger partial charge in [0.1, 0.15) is 0 Å². The Kier molecular flexibility index (Phi) is 5.82. The smallest absolute Gasteiger partial charge is 0.193 e. The molecule has 7 heteroatoms. The molecule has 0 saturated carbocycles. The van der Waals surface area contributed by atoms with E-state index in [0.29, 0.717) is 0 Å². The van der Waals surface area contributed by atoms with Crippen LogP contribution in [-0.2, 0) is 0 Å². The van der Waals surface area contributed by atoms with Crippen LogP contribution < -0.4 is 0 Å². The summed E-state index contributed by atoms with van der Waals surface area (Å²) in [4.78, 5) is 4.50. The van der Waals surface area contributed by atoms with Crippen LogP contribution in [0.5, 0.6) is 0 Å². The maximum absolute atomic E-state index is 4.50. The minimum Gasteiger partial charge on any atom is -0.250 e. The predicted octanol–water partition coefficient (Wildman–Crippen LogP) is 3.32. The van der Waals surface area contributed by atoms with Gasteiger partial charge in [0, 0.05) is 0 Å². The molecule has 19 heavy (non-hydrogen) atoms.